The van der Waals surface area contributed by atoms with Gasteiger partial charge in [0.05, 0.1) is 10.6 Å². The third-order valence-corrected chi connectivity index (χ3v) is 3.85. The molecule has 0 unspecified atom stereocenters. The maximum Gasteiger partial charge on any atom is 0.272 e. The van der Waals surface area contributed by atoms with E-state index < -0.39 is 0 Å². The smallest absolute Gasteiger partial charge is 0.272 e. The highest BCUT2D eigenvalue weighted by Gasteiger charge is 2.13. The Kier molecular flexibility index (Phi) is 4.01. The van der Waals surface area contributed by atoms with Gasteiger partial charge >= 0.3 is 0 Å². The van der Waals surface area contributed by atoms with Crippen LogP contribution in [0.2, 0.25) is 0 Å². The van der Waals surface area contributed by atoms with Crippen LogP contribution in [-0.4, -0.2) is 9.91 Å². The minimum absolute atomic E-state index is 0.145. The van der Waals surface area contributed by atoms with Gasteiger partial charge in [-0.15, -0.1) is 0 Å². The predicted molar refractivity (Wildman–Crippen MR) is 76.0 cm³/mol. The number of hydrogen-bond acceptors (Lipinski definition) is 5. The maximum atomic E-state index is 10.9. The van der Waals surface area contributed by atoms with Crippen molar-refractivity contribution in [3.63, 3.8) is 0 Å². The van der Waals surface area contributed by atoms with Gasteiger partial charge in [0, 0.05) is 23.6 Å². The number of anilines is 1. The van der Waals surface area contributed by atoms with Crippen LogP contribution in [0.5, 0.6) is 0 Å². The van der Waals surface area contributed by atoms with Crippen LogP contribution in [0, 0.1) is 17.0 Å². The van der Waals surface area contributed by atoms with Crippen molar-refractivity contribution < 1.29 is 4.92 Å². The predicted octanol–water partition coefficient (Wildman–Crippen LogP) is 3.17. The monoisotopic (exact) mass is 275 g/mol. The summed E-state index contributed by atoms with van der Waals surface area (Å²) < 4.78 is 0. The van der Waals surface area contributed by atoms with E-state index in [1.807, 2.05) is 6.07 Å². The number of nitrogens with zero attached hydrogens (tertiary/aromatic N) is 2. The Hall–Kier alpha value is -2.08. The first-order chi connectivity index (χ1) is 9.09. The molecule has 0 atom stereocenters. The molecule has 0 saturated heterocycles. The zero-order valence-corrected chi connectivity index (χ0v) is 11.2. The lowest BCUT2D eigenvalue weighted by molar-refractivity contribution is -0.385. The van der Waals surface area contributed by atoms with Crippen LogP contribution in [0.4, 0.5) is 11.4 Å². The van der Waals surface area contributed by atoms with Gasteiger partial charge in [-0.1, -0.05) is 23.9 Å². The number of pyridine rings is 1. The first kappa shape index (κ1) is 13.4. The molecule has 0 spiro atoms. The van der Waals surface area contributed by atoms with Crippen molar-refractivity contribution in [1.82, 2.24) is 4.98 Å². The second-order valence-electron chi connectivity index (χ2n) is 4.00. The van der Waals surface area contributed by atoms with Crippen LogP contribution < -0.4 is 5.73 Å². The molecule has 0 aliphatic heterocycles. The molecule has 0 fully saturated rings. The average molecular weight is 275 g/mol. The molecule has 1 aromatic heterocycles. The zero-order valence-electron chi connectivity index (χ0n) is 10.4. The fourth-order valence-electron chi connectivity index (χ4n) is 1.69. The van der Waals surface area contributed by atoms with E-state index in [1.54, 1.807) is 31.3 Å². The number of hydrogen-bond donors (Lipinski definition) is 1. The van der Waals surface area contributed by atoms with E-state index in [1.165, 1.54) is 17.8 Å². The van der Waals surface area contributed by atoms with Crippen molar-refractivity contribution in [2.75, 3.05) is 5.73 Å². The molecule has 98 valence electrons. The molecule has 2 N–H and O–H groups in total. The Labute approximate surface area is 115 Å². The molecule has 6 heteroatoms. The fraction of sp³-hybridized carbons (Fsp3) is 0.154. The number of nitro groups is 1. The fourth-order valence-corrected chi connectivity index (χ4v) is 2.67. The molecule has 0 bridgehead atoms. The van der Waals surface area contributed by atoms with Crippen LogP contribution in [0.3, 0.4) is 0 Å². The van der Waals surface area contributed by atoms with Gasteiger partial charge in [0.25, 0.3) is 5.69 Å². The lowest BCUT2D eigenvalue weighted by Crippen LogP contribution is -1.96. The molecule has 19 heavy (non-hydrogen) atoms. The van der Waals surface area contributed by atoms with Crippen molar-refractivity contribution in [1.29, 1.82) is 0 Å². The van der Waals surface area contributed by atoms with Gasteiger partial charge in [-0.05, 0) is 24.6 Å². The Balaban J connectivity index is 2.19. The molecule has 5 nitrogen and oxygen atoms in total. The SMILES string of the molecule is Cc1c(CSc2ncccc2N)cccc1[N+](=O)[O-]. The molecule has 1 aromatic carbocycles. The van der Waals surface area contributed by atoms with Crippen LogP contribution in [-0.2, 0) is 5.75 Å². The van der Waals surface area contributed by atoms with Crippen molar-refractivity contribution in [3.05, 3.63) is 57.8 Å². The molecule has 2 rings (SSSR count). The van der Waals surface area contributed by atoms with Gasteiger partial charge in [-0.2, -0.15) is 0 Å². The largest absolute Gasteiger partial charge is 0.397 e. The van der Waals surface area contributed by atoms with Crippen molar-refractivity contribution >= 4 is 23.1 Å². The topological polar surface area (TPSA) is 82.0 Å². The summed E-state index contributed by atoms with van der Waals surface area (Å²) in [5.41, 5.74) is 8.19. The molecule has 1 heterocycles. The van der Waals surface area contributed by atoms with E-state index in [2.05, 4.69) is 4.98 Å². The molecular formula is C13H13N3O2S. The highest BCUT2D eigenvalue weighted by molar-refractivity contribution is 7.98. The number of aromatic nitrogens is 1. The van der Waals surface area contributed by atoms with E-state index >= 15 is 0 Å². The van der Waals surface area contributed by atoms with Gasteiger partial charge in [0.15, 0.2) is 0 Å². The summed E-state index contributed by atoms with van der Waals surface area (Å²) in [6.45, 7) is 1.76. The quantitative estimate of drug-likeness (QED) is 0.526. The maximum absolute atomic E-state index is 10.9. The zero-order chi connectivity index (χ0) is 13.8. The third-order valence-electron chi connectivity index (χ3n) is 2.78. The minimum atomic E-state index is -0.362. The van der Waals surface area contributed by atoms with Crippen LogP contribution in [0.15, 0.2) is 41.6 Å². The normalized spacial score (nSPS) is 10.4. The highest BCUT2D eigenvalue weighted by Crippen LogP contribution is 2.29. The molecule has 0 aliphatic carbocycles. The van der Waals surface area contributed by atoms with Gasteiger partial charge in [-0.25, -0.2) is 4.98 Å². The number of nitrogen functional groups attached to an aromatic ring is 1. The summed E-state index contributed by atoms with van der Waals surface area (Å²) >= 11 is 1.48. The lowest BCUT2D eigenvalue weighted by Gasteiger charge is -2.07. The molecule has 0 amide bonds. The van der Waals surface area contributed by atoms with E-state index in [9.17, 15) is 10.1 Å². The van der Waals surface area contributed by atoms with Crippen LogP contribution in [0.1, 0.15) is 11.1 Å². The van der Waals surface area contributed by atoms with Crippen molar-refractivity contribution in [2.45, 2.75) is 17.7 Å². The second-order valence-corrected chi connectivity index (χ2v) is 4.97. The molecular weight excluding hydrogens is 262 g/mol. The summed E-state index contributed by atoms with van der Waals surface area (Å²) in [5.74, 6) is 0.606. The number of nitrogens with two attached hydrogens (primary N) is 1. The number of thioether (sulfide) groups is 1. The van der Waals surface area contributed by atoms with Gasteiger partial charge in [0.1, 0.15) is 5.03 Å². The summed E-state index contributed by atoms with van der Waals surface area (Å²) in [6.07, 6.45) is 1.68. The first-order valence-corrected chi connectivity index (χ1v) is 6.64. The molecule has 0 saturated carbocycles. The minimum Gasteiger partial charge on any atom is -0.397 e. The average Bonchev–Trinajstić information content (AvgIpc) is 2.39. The molecule has 0 aliphatic rings. The van der Waals surface area contributed by atoms with Gasteiger partial charge in [0.2, 0.25) is 0 Å². The van der Waals surface area contributed by atoms with Crippen LogP contribution >= 0.6 is 11.8 Å². The first-order valence-electron chi connectivity index (χ1n) is 5.65. The van der Waals surface area contributed by atoms with Crippen molar-refractivity contribution in [2.24, 2.45) is 0 Å². The van der Waals surface area contributed by atoms with Gasteiger partial charge in [-0.3, -0.25) is 10.1 Å². The third kappa shape index (κ3) is 3.03. The Morgan fingerprint density at radius 3 is 2.84 bits per heavy atom. The second kappa shape index (κ2) is 5.71. The number of rotatable bonds is 4. The lowest BCUT2D eigenvalue weighted by atomic mass is 10.1. The standard InChI is InChI=1S/C13H13N3O2S/c1-9-10(4-2-6-12(9)16(17)18)8-19-13-11(14)5-3-7-15-13/h2-7H,8,14H2,1H3. The number of benzene rings is 1. The van der Waals surface area contributed by atoms with Gasteiger partial charge < -0.3 is 5.73 Å². The van der Waals surface area contributed by atoms with E-state index in [4.69, 9.17) is 5.73 Å². The van der Waals surface area contributed by atoms with E-state index in [0.29, 0.717) is 17.0 Å². The summed E-state index contributed by atoms with van der Waals surface area (Å²) in [6, 6.07) is 8.66. The van der Waals surface area contributed by atoms with Crippen molar-refractivity contribution in [3.8, 4) is 0 Å². The van der Waals surface area contributed by atoms with E-state index in [0.717, 1.165) is 10.6 Å². The summed E-state index contributed by atoms with van der Waals surface area (Å²) in [5, 5.41) is 11.6. The highest BCUT2D eigenvalue weighted by atomic mass is 32.2. The Bertz CT molecular complexity index is 617. The Morgan fingerprint density at radius 1 is 1.37 bits per heavy atom. The molecule has 0 radical (unpaired) electrons. The molecule has 2 aromatic rings. The summed E-state index contributed by atoms with van der Waals surface area (Å²) in [4.78, 5) is 14.7. The Morgan fingerprint density at radius 2 is 2.16 bits per heavy atom. The number of nitro benzene ring substituents is 1. The van der Waals surface area contributed by atoms with Crippen LogP contribution in [0.25, 0.3) is 0 Å². The summed E-state index contributed by atoms with van der Waals surface area (Å²) in [7, 11) is 0. The van der Waals surface area contributed by atoms with E-state index in [-0.39, 0.29) is 10.6 Å².